The number of hydrogen-bond acceptors (Lipinski definition) is 5. The van der Waals surface area contributed by atoms with Crippen LogP contribution in [0.5, 0.6) is 5.75 Å². The molecule has 1 aliphatic rings. The van der Waals surface area contributed by atoms with Gasteiger partial charge in [-0.15, -0.1) is 0 Å². The van der Waals surface area contributed by atoms with Gasteiger partial charge in [-0.25, -0.2) is 8.42 Å². The predicted octanol–water partition coefficient (Wildman–Crippen LogP) is 0.200. The number of hydrogen-bond donors (Lipinski definition) is 1. The van der Waals surface area contributed by atoms with Gasteiger partial charge in [-0.2, -0.15) is 0 Å². The zero-order chi connectivity index (χ0) is 17.0. The molecule has 0 unspecified atom stereocenters. The van der Waals surface area contributed by atoms with Crippen LogP contribution < -0.4 is 10.5 Å². The molecule has 1 saturated heterocycles. The molecule has 1 atom stereocenters. The molecule has 23 heavy (non-hydrogen) atoms. The molecule has 1 fully saturated rings. The first kappa shape index (κ1) is 17.3. The smallest absolute Gasteiger partial charge is 0.260 e. The molecule has 1 aromatic carbocycles. The van der Waals surface area contributed by atoms with E-state index in [2.05, 4.69) is 0 Å². The molecule has 0 aromatic heterocycles. The maximum Gasteiger partial charge on any atom is 0.260 e. The summed E-state index contributed by atoms with van der Waals surface area (Å²) < 4.78 is 28.5. The Bertz CT molecular complexity index is 702. The van der Waals surface area contributed by atoms with Crippen molar-refractivity contribution in [2.75, 3.05) is 24.7 Å². The molecule has 8 heteroatoms. The second-order valence-electron chi connectivity index (χ2n) is 5.39. The molecule has 1 heterocycles. The van der Waals surface area contributed by atoms with Crippen molar-refractivity contribution in [1.82, 2.24) is 4.90 Å². The van der Waals surface area contributed by atoms with Gasteiger partial charge < -0.3 is 15.4 Å². The molecule has 0 spiro atoms. The summed E-state index contributed by atoms with van der Waals surface area (Å²) in [4.78, 5) is 25.1. The summed E-state index contributed by atoms with van der Waals surface area (Å²) in [5.74, 6) is -0.614. The van der Waals surface area contributed by atoms with Gasteiger partial charge in [0, 0.05) is 12.6 Å². The van der Waals surface area contributed by atoms with Gasteiger partial charge in [0.1, 0.15) is 5.75 Å². The molecule has 0 aliphatic carbocycles. The minimum absolute atomic E-state index is 0.00947. The third-order valence-electron chi connectivity index (χ3n) is 3.81. The van der Waals surface area contributed by atoms with Crippen LogP contribution in [0.2, 0.25) is 0 Å². The lowest BCUT2D eigenvalue weighted by Crippen LogP contribution is -2.43. The summed E-state index contributed by atoms with van der Waals surface area (Å²) in [7, 11) is -3.07. The van der Waals surface area contributed by atoms with E-state index in [1.165, 1.54) is 11.0 Å². The Morgan fingerprint density at radius 3 is 2.61 bits per heavy atom. The Kier molecular flexibility index (Phi) is 5.25. The van der Waals surface area contributed by atoms with E-state index in [0.717, 1.165) is 0 Å². The Morgan fingerprint density at radius 1 is 1.35 bits per heavy atom. The molecule has 2 N–H and O–H groups in total. The molecule has 1 aliphatic heterocycles. The highest BCUT2D eigenvalue weighted by atomic mass is 32.2. The first-order valence-electron chi connectivity index (χ1n) is 7.35. The maximum atomic E-state index is 12.3. The normalized spacial score (nSPS) is 19.3. The number of nitrogens with zero attached hydrogens (tertiary/aromatic N) is 1. The second-order valence-corrected chi connectivity index (χ2v) is 7.61. The largest absolute Gasteiger partial charge is 0.483 e. The lowest BCUT2D eigenvalue weighted by molar-refractivity contribution is -0.135. The maximum absolute atomic E-state index is 12.3. The first-order chi connectivity index (χ1) is 10.8. The number of carbonyl (C=O) groups is 2. The number of carbonyl (C=O) groups excluding carboxylic acids is 2. The number of rotatable bonds is 6. The molecule has 0 saturated carbocycles. The highest BCUT2D eigenvalue weighted by Crippen LogP contribution is 2.20. The highest BCUT2D eigenvalue weighted by Gasteiger charge is 2.34. The molecular weight excluding hydrogens is 320 g/mol. The molecule has 2 amide bonds. The number of para-hydroxylation sites is 1. The van der Waals surface area contributed by atoms with Gasteiger partial charge in [-0.05, 0) is 25.5 Å². The summed E-state index contributed by atoms with van der Waals surface area (Å²) in [5, 5.41) is 0. The molecule has 0 bridgehead atoms. The fourth-order valence-corrected chi connectivity index (χ4v) is 4.41. The minimum Gasteiger partial charge on any atom is -0.483 e. The van der Waals surface area contributed by atoms with Gasteiger partial charge in [0.15, 0.2) is 16.4 Å². The van der Waals surface area contributed by atoms with Crippen LogP contribution in [0.1, 0.15) is 23.7 Å². The van der Waals surface area contributed by atoms with E-state index < -0.39 is 15.7 Å². The number of benzene rings is 1. The quantitative estimate of drug-likeness (QED) is 0.796. The van der Waals surface area contributed by atoms with Gasteiger partial charge in [0.25, 0.3) is 11.8 Å². The summed E-state index contributed by atoms with van der Waals surface area (Å²) in [6.07, 6.45) is 0.444. The lowest BCUT2D eigenvalue weighted by Gasteiger charge is -2.26. The zero-order valence-electron chi connectivity index (χ0n) is 12.9. The van der Waals surface area contributed by atoms with Crippen LogP contribution in [-0.4, -0.2) is 55.8 Å². The van der Waals surface area contributed by atoms with Crippen molar-refractivity contribution in [3.8, 4) is 5.75 Å². The summed E-state index contributed by atoms with van der Waals surface area (Å²) in [5.41, 5.74) is 5.46. The number of amides is 2. The van der Waals surface area contributed by atoms with Crippen molar-refractivity contribution in [3.63, 3.8) is 0 Å². The van der Waals surface area contributed by atoms with E-state index in [0.29, 0.717) is 13.0 Å². The zero-order valence-corrected chi connectivity index (χ0v) is 13.7. The number of nitrogens with two attached hydrogens (primary N) is 1. The third-order valence-corrected chi connectivity index (χ3v) is 5.56. The van der Waals surface area contributed by atoms with Crippen molar-refractivity contribution < 1.29 is 22.7 Å². The van der Waals surface area contributed by atoms with E-state index in [1.807, 2.05) is 0 Å². The van der Waals surface area contributed by atoms with Crippen LogP contribution >= 0.6 is 0 Å². The molecule has 126 valence electrons. The van der Waals surface area contributed by atoms with Crippen molar-refractivity contribution in [2.24, 2.45) is 5.73 Å². The fraction of sp³-hybridized carbons (Fsp3) is 0.467. The SMILES string of the molecule is CCN(C(=O)COc1ccccc1C(N)=O)[C@H]1CCS(=O)(=O)C1. The van der Waals surface area contributed by atoms with Crippen LogP contribution in [0.4, 0.5) is 0 Å². The van der Waals surface area contributed by atoms with Gasteiger partial charge in [-0.3, -0.25) is 9.59 Å². The molecule has 1 aromatic rings. The van der Waals surface area contributed by atoms with Crippen LogP contribution in [0, 0.1) is 0 Å². The molecule has 0 radical (unpaired) electrons. The average Bonchev–Trinajstić information content (AvgIpc) is 2.86. The standard InChI is InChI=1S/C15H20N2O5S/c1-2-17(11-7-8-23(20,21)10-11)14(18)9-22-13-6-4-3-5-12(13)15(16)19/h3-6,11H,2,7-10H2,1H3,(H2,16,19)/t11-/m0/s1. The van der Waals surface area contributed by atoms with E-state index >= 15 is 0 Å². The summed E-state index contributed by atoms with van der Waals surface area (Å²) in [6, 6.07) is 6.09. The fourth-order valence-electron chi connectivity index (χ4n) is 2.68. The Morgan fingerprint density at radius 2 is 2.04 bits per heavy atom. The average molecular weight is 340 g/mol. The van der Waals surface area contributed by atoms with Crippen molar-refractivity contribution >= 4 is 21.7 Å². The Balaban J connectivity index is 2.02. The van der Waals surface area contributed by atoms with Crippen LogP contribution in [0.15, 0.2) is 24.3 Å². The van der Waals surface area contributed by atoms with Gasteiger partial charge in [0.2, 0.25) is 0 Å². The molecule has 7 nitrogen and oxygen atoms in total. The Labute approximate surface area is 135 Å². The number of ether oxygens (including phenoxy) is 1. The van der Waals surface area contributed by atoms with E-state index in [4.69, 9.17) is 10.5 Å². The van der Waals surface area contributed by atoms with Crippen LogP contribution in [-0.2, 0) is 14.6 Å². The van der Waals surface area contributed by atoms with Crippen LogP contribution in [0.3, 0.4) is 0 Å². The van der Waals surface area contributed by atoms with E-state index in [9.17, 15) is 18.0 Å². The van der Waals surface area contributed by atoms with Crippen molar-refractivity contribution in [1.29, 1.82) is 0 Å². The summed E-state index contributed by atoms with van der Waals surface area (Å²) in [6.45, 7) is 1.93. The number of sulfone groups is 1. The molecular formula is C15H20N2O5S. The predicted molar refractivity (Wildman–Crippen MR) is 84.9 cm³/mol. The van der Waals surface area contributed by atoms with Crippen molar-refractivity contribution in [2.45, 2.75) is 19.4 Å². The van der Waals surface area contributed by atoms with E-state index in [1.54, 1.807) is 25.1 Å². The highest BCUT2D eigenvalue weighted by molar-refractivity contribution is 7.91. The first-order valence-corrected chi connectivity index (χ1v) is 9.17. The number of likely N-dealkylation sites (N-methyl/N-ethyl adjacent to an activating group) is 1. The van der Waals surface area contributed by atoms with E-state index in [-0.39, 0.29) is 41.4 Å². The second kappa shape index (κ2) is 6.99. The Hall–Kier alpha value is -2.09. The van der Waals surface area contributed by atoms with Gasteiger partial charge in [-0.1, -0.05) is 12.1 Å². The van der Waals surface area contributed by atoms with Gasteiger partial charge >= 0.3 is 0 Å². The van der Waals surface area contributed by atoms with Crippen molar-refractivity contribution in [3.05, 3.63) is 29.8 Å². The minimum atomic E-state index is -3.07. The lowest BCUT2D eigenvalue weighted by atomic mass is 10.2. The topological polar surface area (TPSA) is 107 Å². The number of primary amides is 1. The summed E-state index contributed by atoms with van der Waals surface area (Å²) >= 11 is 0. The monoisotopic (exact) mass is 340 g/mol. The van der Waals surface area contributed by atoms with Gasteiger partial charge in [0.05, 0.1) is 17.1 Å². The third kappa shape index (κ3) is 4.22. The van der Waals surface area contributed by atoms with Crippen LogP contribution in [0.25, 0.3) is 0 Å². The molecule has 2 rings (SSSR count).